The van der Waals surface area contributed by atoms with E-state index in [2.05, 4.69) is 15.8 Å². The van der Waals surface area contributed by atoms with Gasteiger partial charge in [0.2, 0.25) is 0 Å². The number of nitrogens with zero attached hydrogens (tertiary/aromatic N) is 3. The molecular weight excluding hydrogens is 446 g/mol. The number of carbonyl (C=O) groups excluding carboxylic acids is 2. The molecule has 10 heteroatoms. The Morgan fingerprint density at radius 2 is 1.79 bits per heavy atom. The molecule has 2 amide bonds. The minimum atomic E-state index is -0.835. The molecule has 0 spiro atoms. The number of hydrogen-bond acceptors (Lipinski definition) is 6. The molecule has 1 unspecified atom stereocenters. The Morgan fingerprint density at radius 1 is 1.15 bits per heavy atom. The Kier molecular flexibility index (Phi) is 9.35. The van der Waals surface area contributed by atoms with Crippen LogP contribution in [0.5, 0.6) is 0 Å². The second kappa shape index (κ2) is 12.0. The van der Waals surface area contributed by atoms with Gasteiger partial charge in [-0.25, -0.2) is 5.43 Å². The van der Waals surface area contributed by atoms with Crippen LogP contribution in [0.2, 0.25) is 5.02 Å². The Balaban J connectivity index is 2.18. The van der Waals surface area contributed by atoms with Gasteiger partial charge in [0, 0.05) is 47.1 Å². The lowest BCUT2D eigenvalue weighted by molar-refractivity contribution is -0.384. The van der Waals surface area contributed by atoms with Crippen molar-refractivity contribution >= 4 is 41.0 Å². The van der Waals surface area contributed by atoms with Gasteiger partial charge in [0.15, 0.2) is 0 Å². The van der Waals surface area contributed by atoms with Gasteiger partial charge in [-0.1, -0.05) is 25.4 Å². The van der Waals surface area contributed by atoms with Gasteiger partial charge in [0.1, 0.15) is 6.04 Å². The number of nitrogens with one attached hydrogen (secondary N) is 2. The maximum atomic E-state index is 12.7. The van der Waals surface area contributed by atoms with Crippen LogP contribution in [-0.2, 0) is 4.79 Å². The monoisotopic (exact) mass is 473 g/mol. The molecule has 2 aromatic carbocycles. The molecule has 0 saturated carbocycles. The minimum absolute atomic E-state index is 0.0750. The number of nitro benzene ring substituents is 1. The SMILES string of the molecule is CCN(CC)c1ccc([N+](=O)[O-])cc1/C=N\NC(=O)C(NC(=O)c1ccc(Cl)cc1)C(C)C. The van der Waals surface area contributed by atoms with Crippen LogP contribution in [0.15, 0.2) is 47.6 Å². The highest BCUT2D eigenvalue weighted by Gasteiger charge is 2.24. The van der Waals surface area contributed by atoms with Crippen molar-refractivity contribution in [1.29, 1.82) is 0 Å². The zero-order valence-corrected chi connectivity index (χ0v) is 19.8. The van der Waals surface area contributed by atoms with Crippen molar-refractivity contribution in [3.05, 3.63) is 68.7 Å². The topological polar surface area (TPSA) is 117 Å². The van der Waals surface area contributed by atoms with Crippen LogP contribution in [0.3, 0.4) is 0 Å². The molecule has 0 aromatic heterocycles. The number of rotatable bonds is 10. The maximum absolute atomic E-state index is 12.7. The summed E-state index contributed by atoms with van der Waals surface area (Å²) in [7, 11) is 0. The molecule has 0 fully saturated rings. The van der Waals surface area contributed by atoms with Crippen LogP contribution in [0.1, 0.15) is 43.6 Å². The number of carbonyl (C=O) groups is 2. The first-order chi connectivity index (χ1) is 15.7. The average Bonchev–Trinajstić information content (AvgIpc) is 2.78. The van der Waals surface area contributed by atoms with Gasteiger partial charge in [-0.15, -0.1) is 0 Å². The predicted molar refractivity (Wildman–Crippen MR) is 130 cm³/mol. The number of anilines is 1. The van der Waals surface area contributed by atoms with Gasteiger partial charge < -0.3 is 10.2 Å². The second-order valence-corrected chi connectivity index (χ2v) is 8.05. The molecule has 0 radical (unpaired) electrons. The van der Waals surface area contributed by atoms with Gasteiger partial charge in [-0.2, -0.15) is 5.10 Å². The van der Waals surface area contributed by atoms with E-state index in [1.807, 2.05) is 18.7 Å². The molecule has 9 nitrogen and oxygen atoms in total. The molecule has 2 N–H and O–H groups in total. The summed E-state index contributed by atoms with van der Waals surface area (Å²) < 4.78 is 0. The van der Waals surface area contributed by atoms with Crippen molar-refractivity contribution in [3.8, 4) is 0 Å². The van der Waals surface area contributed by atoms with Crippen LogP contribution in [-0.4, -0.2) is 42.1 Å². The second-order valence-electron chi connectivity index (χ2n) is 7.61. The molecular formula is C23H28ClN5O4. The lowest BCUT2D eigenvalue weighted by Crippen LogP contribution is -2.48. The quantitative estimate of drug-likeness (QED) is 0.307. The van der Waals surface area contributed by atoms with E-state index in [1.54, 1.807) is 44.2 Å². The van der Waals surface area contributed by atoms with Crippen LogP contribution in [0, 0.1) is 16.0 Å². The first kappa shape index (κ1) is 25.8. The van der Waals surface area contributed by atoms with Gasteiger partial charge in [0.25, 0.3) is 17.5 Å². The fourth-order valence-corrected chi connectivity index (χ4v) is 3.33. The molecule has 1 atom stereocenters. The van der Waals surface area contributed by atoms with Crippen molar-refractivity contribution in [3.63, 3.8) is 0 Å². The number of hydrogen-bond donors (Lipinski definition) is 2. The maximum Gasteiger partial charge on any atom is 0.270 e. The summed E-state index contributed by atoms with van der Waals surface area (Å²) in [6.45, 7) is 8.96. The summed E-state index contributed by atoms with van der Waals surface area (Å²) in [6.07, 6.45) is 1.37. The third kappa shape index (κ3) is 7.01. The Bertz CT molecular complexity index is 1020. The first-order valence-electron chi connectivity index (χ1n) is 10.6. The fraction of sp³-hybridized carbons (Fsp3) is 0.348. The zero-order chi connectivity index (χ0) is 24.5. The largest absolute Gasteiger partial charge is 0.372 e. The summed E-state index contributed by atoms with van der Waals surface area (Å²) in [6, 6.07) is 10.0. The van der Waals surface area contributed by atoms with E-state index >= 15 is 0 Å². The summed E-state index contributed by atoms with van der Waals surface area (Å²) in [5.41, 5.74) is 4.00. The highest BCUT2D eigenvalue weighted by atomic mass is 35.5. The molecule has 0 aliphatic heterocycles. The number of hydrazone groups is 1. The third-order valence-corrected chi connectivity index (χ3v) is 5.30. The number of non-ortho nitro benzene ring substituents is 1. The summed E-state index contributed by atoms with van der Waals surface area (Å²) in [5.74, 6) is -1.12. The van der Waals surface area contributed by atoms with Gasteiger partial charge in [-0.05, 0) is 50.1 Å². The van der Waals surface area contributed by atoms with Crippen molar-refractivity contribution in [2.45, 2.75) is 33.7 Å². The Hall–Kier alpha value is -3.46. The van der Waals surface area contributed by atoms with Gasteiger partial charge >= 0.3 is 0 Å². The first-order valence-corrected chi connectivity index (χ1v) is 11.0. The standard InChI is InChI=1S/C23H28ClN5O4/c1-5-28(6-2)20-12-11-19(29(32)33)13-17(20)14-25-27-23(31)21(15(3)4)26-22(30)16-7-9-18(24)10-8-16/h7-15,21H,5-6H2,1-4H3,(H,26,30)(H,27,31)/b25-14-. The van der Waals surface area contributed by atoms with Crippen LogP contribution in [0.25, 0.3) is 0 Å². The average molecular weight is 474 g/mol. The van der Waals surface area contributed by atoms with E-state index in [0.717, 1.165) is 5.69 Å². The Morgan fingerprint density at radius 3 is 2.33 bits per heavy atom. The number of halogens is 1. The minimum Gasteiger partial charge on any atom is -0.372 e. The van der Waals surface area contributed by atoms with E-state index in [1.165, 1.54) is 18.3 Å². The molecule has 0 saturated heterocycles. The fourth-order valence-electron chi connectivity index (χ4n) is 3.21. The van der Waals surface area contributed by atoms with Crippen molar-refractivity contribution in [2.75, 3.05) is 18.0 Å². The Labute approximate surface area is 198 Å². The summed E-state index contributed by atoms with van der Waals surface area (Å²) in [4.78, 5) is 38.0. The van der Waals surface area contributed by atoms with E-state index in [4.69, 9.17) is 11.6 Å². The van der Waals surface area contributed by atoms with Gasteiger partial charge in [0.05, 0.1) is 11.1 Å². The molecule has 0 aliphatic rings. The van der Waals surface area contributed by atoms with Crippen LogP contribution >= 0.6 is 11.6 Å². The smallest absolute Gasteiger partial charge is 0.270 e. The van der Waals surface area contributed by atoms with Gasteiger partial charge in [-0.3, -0.25) is 19.7 Å². The lowest BCUT2D eigenvalue weighted by Gasteiger charge is -2.23. The van der Waals surface area contributed by atoms with E-state index in [-0.39, 0.29) is 11.6 Å². The van der Waals surface area contributed by atoms with Crippen molar-refractivity contribution < 1.29 is 14.5 Å². The highest BCUT2D eigenvalue weighted by Crippen LogP contribution is 2.24. The molecule has 0 bridgehead atoms. The third-order valence-electron chi connectivity index (χ3n) is 5.05. The van der Waals surface area contributed by atoms with Crippen molar-refractivity contribution in [1.82, 2.24) is 10.7 Å². The predicted octanol–water partition coefficient (Wildman–Crippen LogP) is 4.00. The zero-order valence-electron chi connectivity index (χ0n) is 19.0. The van der Waals surface area contributed by atoms with Crippen LogP contribution in [0.4, 0.5) is 11.4 Å². The molecule has 176 valence electrons. The molecule has 2 rings (SSSR count). The van der Waals surface area contributed by atoms with E-state index in [0.29, 0.717) is 29.2 Å². The normalized spacial score (nSPS) is 11.9. The molecule has 33 heavy (non-hydrogen) atoms. The number of nitro groups is 1. The van der Waals surface area contributed by atoms with E-state index in [9.17, 15) is 19.7 Å². The lowest BCUT2D eigenvalue weighted by atomic mass is 10.0. The molecule has 0 heterocycles. The highest BCUT2D eigenvalue weighted by molar-refractivity contribution is 6.30. The summed E-state index contributed by atoms with van der Waals surface area (Å²) in [5, 5.41) is 18.4. The van der Waals surface area contributed by atoms with Crippen molar-refractivity contribution in [2.24, 2.45) is 11.0 Å². The van der Waals surface area contributed by atoms with E-state index < -0.39 is 22.8 Å². The molecule has 2 aromatic rings. The number of amides is 2. The molecule has 0 aliphatic carbocycles. The number of benzene rings is 2. The summed E-state index contributed by atoms with van der Waals surface area (Å²) >= 11 is 5.85. The van der Waals surface area contributed by atoms with Crippen LogP contribution < -0.4 is 15.6 Å².